The predicted octanol–water partition coefficient (Wildman–Crippen LogP) is 4.71. The zero-order valence-corrected chi connectivity index (χ0v) is 19.8. The van der Waals surface area contributed by atoms with Crippen molar-refractivity contribution in [3.8, 4) is 0 Å². The molecule has 1 heterocycles. The molecule has 2 aliphatic carbocycles. The van der Waals surface area contributed by atoms with Crippen molar-refractivity contribution in [1.29, 1.82) is 0 Å². The van der Waals surface area contributed by atoms with E-state index in [0.717, 1.165) is 60.7 Å². The third kappa shape index (κ3) is 4.38. The Morgan fingerprint density at radius 3 is 2.13 bits per heavy atom. The number of rotatable bonds is 5. The first kappa shape index (κ1) is 22.3. The van der Waals surface area contributed by atoms with Crippen molar-refractivity contribution >= 4 is 33.8 Å². The van der Waals surface area contributed by atoms with Gasteiger partial charge in [-0.1, -0.05) is 72.7 Å². The minimum atomic E-state index is -1.18. The van der Waals surface area contributed by atoms with Crippen LogP contribution >= 0.6 is 15.9 Å². The van der Waals surface area contributed by atoms with Gasteiger partial charge in [0.05, 0.1) is 0 Å². The Bertz CT molecular complexity index is 830. The highest BCUT2D eigenvalue weighted by Gasteiger charge is 2.51. The molecule has 0 unspecified atom stereocenters. The molecule has 1 aromatic carbocycles. The van der Waals surface area contributed by atoms with Crippen LogP contribution in [0.5, 0.6) is 0 Å². The van der Waals surface area contributed by atoms with Crippen molar-refractivity contribution in [3.63, 3.8) is 0 Å². The summed E-state index contributed by atoms with van der Waals surface area (Å²) < 4.78 is 0.755. The Morgan fingerprint density at radius 2 is 1.58 bits per heavy atom. The SMILES string of the molecule is C[C@@]1(c2ccccc2Br)NC(=O)N(CC(=O)N(C2CCCCC2)C2CCCCC2)C1=O. The molecule has 4 rings (SSSR count). The van der Waals surface area contributed by atoms with E-state index in [1.165, 1.54) is 12.8 Å². The van der Waals surface area contributed by atoms with Crippen LogP contribution in [-0.2, 0) is 15.1 Å². The van der Waals surface area contributed by atoms with Crippen molar-refractivity contribution in [2.24, 2.45) is 0 Å². The maximum atomic E-state index is 13.5. The number of benzene rings is 1. The fourth-order valence-electron chi connectivity index (χ4n) is 5.53. The third-order valence-corrected chi connectivity index (χ3v) is 7.90. The molecule has 6 nitrogen and oxygen atoms in total. The first-order chi connectivity index (χ1) is 14.9. The fourth-order valence-corrected chi connectivity index (χ4v) is 6.21. The molecule has 2 saturated carbocycles. The van der Waals surface area contributed by atoms with Gasteiger partial charge in [0.25, 0.3) is 5.91 Å². The topological polar surface area (TPSA) is 69.7 Å². The van der Waals surface area contributed by atoms with E-state index in [2.05, 4.69) is 26.1 Å². The number of carbonyl (C=O) groups is 3. The molecule has 1 N–H and O–H groups in total. The van der Waals surface area contributed by atoms with E-state index in [4.69, 9.17) is 0 Å². The van der Waals surface area contributed by atoms with Gasteiger partial charge in [-0.3, -0.25) is 14.5 Å². The Morgan fingerprint density at radius 1 is 1.03 bits per heavy atom. The maximum absolute atomic E-state index is 13.5. The zero-order valence-electron chi connectivity index (χ0n) is 18.2. The highest BCUT2D eigenvalue weighted by Crippen LogP contribution is 2.35. The van der Waals surface area contributed by atoms with Crippen LogP contribution in [0.25, 0.3) is 0 Å². The van der Waals surface area contributed by atoms with Crippen molar-refractivity contribution in [2.45, 2.75) is 88.8 Å². The normalized spacial score (nSPS) is 25.5. The molecule has 4 amide bonds. The van der Waals surface area contributed by atoms with E-state index in [0.29, 0.717) is 5.56 Å². The van der Waals surface area contributed by atoms with Gasteiger partial charge in [0.2, 0.25) is 5.91 Å². The molecule has 1 aromatic rings. The van der Waals surface area contributed by atoms with Crippen LogP contribution in [0.1, 0.15) is 76.7 Å². The number of carbonyl (C=O) groups excluding carboxylic acids is 3. The fraction of sp³-hybridized carbons (Fsp3) is 0.625. The molecule has 0 bridgehead atoms. The number of urea groups is 1. The summed E-state index contributed by atoms with van der Waals surface area (Å²) in [5.74, 6) is -0.455. The Labute approximate surface area is 192 Å². The maximum Gasteiger partial charge on any atom is 0.325 e. The summed E-state index contributed by atoms with van der Waals surface area (Å²) in [5.41, 5.74) is -0.488. The van der Waals surface area contributed by atoms with Crippen LogP contribution in [0.4, 0.5) is 4.79 Å². The van der Waals surface area contributed by atoms with Gasteiger partial charge in [-0.15, -0.1) is 0 Å². The van der Waals surface area contributed by atoms with Crippen LogP contribution in [0.2, 0.25) is 0 Å². The van der Waals surface area contributed by atoms with E-state index >= 15 is 0 Å². The zero-order chi connectivity index (χ0) is 22.0. The number of nitrogens with one attached hydrogen (secondary N) is 1. The standard InChI is InChI=1S/C24H32BrN3O3/c1-24(19-14-8-9-15-20(19)25)22(30)27(23(31)26-24)16-21(29)28(17-10-4-2-5-11-17)18-12-6-3-7-13-18/h8-9,14-15,17-18H,2-7,10-13,16H2,1H3,(H,26,31)/t24-/m0/s1. The van der Waals surface area contributed by atoms with Crippen LogP contribution in [-0.4, -0.2) is 46.3 Å². The van der Waals surface area contributed by atoms with Crippen LogP contribution < -0.4 is 5.32 Å². The monoisotopic (exact) mass is 489 g/mol. The summed E-state index contributed by atoms with van der Waals surface area (Å²) in [6.45, 7) is 1.52. The number of amides is 4. The quantitative estimate of drug-likeness (QED) is 0.608. The summed E-state index contributed by atoms with van der Waals surface area (Å²) in [7, 11) is 0. The van der Waals surface area contributed by atoms with Crippen molar-refractivity contribution < 1.29 is 14.4 Å². The molecular formula is C24H32BrN3O3. The minimum absolute atomic E-state index is 0.0846. The number of halogens is 1. The second kappa shape index (κ2) is 9.31. The molecule has 3 fully saturated rings. The van der Waals surface area contributed by atoms with E-state index in [9.17, 15) is 14.4 Å². The average Bonchev–Trinajstić information content (AvgIpc) is 2.99. The lowest BCUT2D eigenvalue weighted by Crippen LogP contribution is -2.53. The Kier molecular flexibility index (Phi) is 6.70. The molecule has 7 heteroatoms. The van der Waals surface area contributed by atoms with Gasteiger partial charge in [-0.05, 0) is 38.7 Å². The molecule has 0 spiro atoms. The molecule has 1 saturated heterocycles. The molecule has 3 aliphatic rings. The molecule has 0 radical (unpaired) electrons. The van der Waals surface area contributed by atoms with Crippen molar-refractivity contribution in [3.05, 3.63) is 34.3 Å². The lowest BCUT2D eigenvalue weighted by molar-refractivity contribution is -0.143. The van der Waals surface area contributed by atoms with Crippen LogP contribution in [0.15, 0.2) is 28.7 Å². The summed E-state index contributed by atoms with van der Waals surface area (Å²) in [6.07, 6.45) is 11.1. The first-order valence-corrected chi connectivity index (χ1v) is 12.4. The van der Waals surface area contributed by atoms with Gasteiger partial charge in [-0.2, -0.15) is 0 Å². The van der Waals surface area contributed by atoms with Gasteiger partial charge < -0.3 is 10.2 Å². The van der Waals surface area contributed by atoms with Gasteiger partial charge >= 0.3 is 6.03 Å². The lowest BCUT2D eigenvalue weighted by Gasteiger charge is -2.42. The largest absolute Gasteiger partial charge is 0.335 e. The number of imide groups is 1. The molecule has 31 heavy (non-hydrogen) atoms. The Hall–Kier alpha value is -1.89. The highest BCUT2D eigenvalue weighted by molar-refractivity contribution is 9.10. The van der Waals surface area contributed by atoms with E-state index in [1.54, 1.807) is 6.92 Å². The first-order valence-electron chi connectivity index (χ1n) is 11.6. The molecule has 0 aromatic heterocycles. The van der Waals surface area contributed by atoms with E-state index < -0.39 is 11.6 Å². The number of hydrogen-bond acceptors (Lipinski definition) is 3. The third-order valence-electron chi connectivity index (χ3n) is 7.21. The predicted molar refractivity (Wildman–Crippen MR) is 122 cm³/mol. The highest BCUT2D eigenvalue weighted by atomic mass is 79.9. The summed E-state index contributed by atoms with van der Waals surface area (Å²) >= 11 is 3.49. The molecular weight excluding hydrogens is 458 g/mol. The average molecular weight is 490 g/mol. The van der Waals surface area contributed by atoms with Gasteiger partial charge in [-0.25, -0.2) is 4.79 Å². The summed E-state index contributed by atoms with van der Waals surface area (Å²) in [6, 6.07) is 7.35. The van der Waals surface area contributed by atoms with Crippen LogP contribution in [0.3, 0.4) is 0 Å². The molecule has 1 aliphatic heterocycles. The second-order valence-electron chi connectivity index (χ2n) is 9.31. The Balaban J connectivity index is 1.54. The molecule has 168 valence electrons. The van der Waals surface area contributed by atoms with Crippen molar-refractivity contribution in [2.75, 3.05) is 6.54 Å². The van der Waals surface area contributed by atoms with Gasteiger partial charge in [0, 0.05) is 22.1 Å². The molecule has 1 atom stereocenters. The second-order valence-corrected chi connectivity index (χ2v) is 10.2. The lowest BCUT2D eigenvalue weighted by atomic mass is 9.88. The van der Waals surface area contributed by atoms with Crippen LogP contribution in [0, 0.1) is 0 Å². The summed E-state index contributed by atoms with van der Waals surface area (Å²) in [4.78, 5) is 42.9. The van der Waals surface area contributed by atoms with E-state index in [-0.39, 0.29) is 30.4 Å². The smallest absolute Gasteiger partial charge is 0.325 e. The number of hydrogen-bond donors (Lipinski definition) is 1. The number of nitrogens with zero attached hydrogens (tertiary/aromatic N) is 2. The summed E-state index contributed by atoms with van der Waals surface area (Å²) in [5, 5.41) is 2.83. The van der Waals surface area contributed by atoms with Gasteiger partial charge in [0.15, 0.2) is 0 Å². The van der Waals surface area contributed by atoms with E-state index in [1.807, 2.05) is 24.3 Å². The minimum Gasteiger partial charge on any atom is -0.335 e. The van der Waals surface area contributed by atoms with Crippen molar-refractivity contribution in [1.82, 2.24) is 15.1 Å². The van der Waals surface area contributed by atoms with Gasteiger partial charge in [0.1, 0.15) is 12.1 Å².